The minimum Gasteiger partial charge on any atom is -0.486 e. The molecule has 1 atom stereocenters. The van der Waals surface area contributed by atoms with Crippen LogP contribution in [-0.2, 0) is 0 Å². The summed E-state index contributed by atoms with van der Waals surface area (Å²) in [4.78, 5) is 26.0. The van der Waals surface area contributed by atoms with Gasteiger partial charge >= 0.3 is 0 Å². The molecule has 0 bridgehead atoms. The number of ether oxygens (including phenoxy) is 1. The van der Waals surface area contributed by atoms with Crippen molar-refractivity contribution in [2.45, 2.75) is 19.4 Å². The fraction of sp³-hybridized carbons (Fsp3) is 0.280. The Balaban J connectivity index is 1.60. The van der Waals surface area contributed by atoms with Crippen LogP contribution in [0.15, 0.2) is 60.8 Å². The fourth-order valence-electron chi connectivity index (χ4n) is 3.76. The number of anilines is 3. The normalized spacial score (nSPS) is 14.5. The largest absolute Gasteiger partial charge is 0.486 e. The van der Waals surface area contributed by atoms with Crippen molar-refractivity contribution in [3.63, 3.8) is 0 Å². The zero-order valence-electron chi connectivity index (χ0n) is 18.5. The first-order valence-corrected chi connectivity index (χ1v) is 10.9. The summed E-state index contributed by atoms with van der Waals surface area (Å²) in [6.45, 7) is 7.92. The highest BCUT2D eigenvalue weighted by Crippen LogP contribution is 2.30. The van der Waals surface area contributed by atoms with Gasteiger partial charge in [0.25, 0.3) is 5.91 Å². The highest BCUT2D eigenvalue weighted by atomic mass is 16.5. The number of hydrogen-bond donors (Lipinski definition) is 1. The Morgan fingerprint density at radius 3 is 2.72 bits per heavy atom. The van der Waals surface area contributed by atoms with Gasteiger partial charge in [-0.1, -0.05) is 36.4 Å². The summed E-state index contributed by atoms with van der Waals surface area (Å²) in [5, 5.41) is 3.11. The van der Waals surface area contributed by atoms with E-state index in [0.29, 0.717) is 49.1 Å². The first-order valence-electron chi connectivity index (χ1n) is 10.9. The quantitative estimate of drug-likeness (QED) is 0.601. The van der Waals surface area contributed by atoms with Crippen LogP contribution in [0, 0.1) is 6.92 Å². The molecule has 1 unspecified atom stereocenters. The van der Waals surface area contributed by atoms with Crippen molar-refractivity contribution >= 4 is 23.4 Å². The number of aromatic nitrogens is 2. The molecule has 1 radical (unpaired) electrons. The van der Waals surface area contributed by atoms with Gasteiger partial charge in [-0.15, -0.1) is 0 Å². The minimum atomic E-state index is -0.156. The molecule has 1 amide bonds. The van der Waals surface area contributed by atoms with E-state index in [1.807, 2.05) is 73.5 Å². The van der Waals surface area contributed by atoms with Crippen LogP contribution in [0.1, 0.15) is 35.4 Å². The highest BCUT2D eigenvalue weighted by Gasteiger charge is 2.28. The zero-order chi connectivity index (χ0) is 22.5. The van der Waals surface area contributed by atoms with Crippen LogP contribution in [-0.4, -0.2) is 42.6 Å². The molecule has 1 aliphatic rings. The van der Waals surface area contributed by atoms with Gasteiger partial charge in [0.2, 0.25) is 5.95 Å². The molecule has 2 aromatic carbocycles. The minimum absolute atomic E-state index is 0.124. The topological polar surface area (TPSA) is 70.6 Å². The SMILES string of the molecule is [CH2]CC(Oc1cccc(N2CCN(C)c3nc(NCC)ncc3C2=O)c1)c1ccccc1. The first kappa shape index (κ1) is 21.6. The molecule has 165 valence electrons. The number of likely N-dealkylation sites (N-methyl/N-ethyl adjacent to an activating group) is 1. The van der Waals surface area contributed by atoms with E-state index < -0.39 is 0 Å². The number of amides is 1. The molecular formula is C25H28N5O2. The standard InChI is InChI=1S/C25H28N5O2/c1-4-22(18-10-7-6-8-11-18)32-20-13-9-12-19(16-20)30-15-14-29(3)23-21(24(30)31)17-27-25(28-23)26-5-2/h6-13,16-17,22H,1,4-5,14-15H2,2-3H3,(H,26,27,28). The highest BCUT2D eigenvalue weighted by molar-refractivity contribution is 6.09. The number of carbonyl (C=O) groups excluding carboxylic acids is 1. The second-order valence-corrected chi connectivity index (χ2v) is 7.64. The van der Waals surface area contributed by atoms with E-state index in [-0.39, 0.29) is 12.0 Å². The lowest BCUT2D eigenvalue weighted by atomic mass is 10.1. The van der Waals surface area contributed by atoms with Gasteiger partial charge in [-0.3, -0.25) is 4.79 Å². The second kappa shape index (κ2) is 9.68. The van der Waals surface area contributed by atoms with Crippen molar-refractivity contribution in [3.8, 4) is 5.75 Å². The molecule has 1 N–H and O–H groups in total. The van der Waals surface area contributed by atoms with Gasteiger partial charge < -0.3 is 19.9 Å². The number of nitrogens with one attached hydrogen (secondary N) is 1. The van der Waals surface area contributed by atoms with E-state index in [4.69, 9.17) is 4.74 Å². The maximum absolute atomic E-state index is 13.4. The summed E-state index contributed by atoms with van der Waals surface area (Å²) >= 11 is 0. The summed E-state index contributed by atoms with van der Waals surface area (Å²) in [6, 6.07) is 17.7. The van der Waals surface area contributed by atoms with Crippen molar-refractivity contribution in [1.82, 2.24) is 9.97 Å². The number of benzene rings is 2. The summed E-state index contributed by atoms with van der Waals surface area (Å²) < 4.78 is 6.24. The molecule has 1 aromatic heterocycles. The molecule has 7 nitrogen and oxygen atoms in total. The van der Waals surface area contributed by atoms with Gasteiger partial charge in [-0.05, 0) is 38.0 Å². The molecular weight excluding hydrogens is 402 g/mol. The lowest BCUT2D eigenvalue weighted by Gasteiger charge is -2.23. The van der Waals surface area contributed by atoms with E-state index in [1.165, 1.54) is 0 Å². The average molecular weight is 431 g/mol. The third-order valence-corrected chi connectivity index (χ3v) is 5.44. The molecule has 0 saturated heterocycles. The van der Waals surface area contributed by atoms with Crippen molar-refractivity contribution < 1.29 is 9.53 Å². The Morgan fingerprint density at radius 1 is 1.16 bits per heavy atom. The molecule has 0 spiro atoms. The number of nitrogens with zero attached hydrogens (tertiary/aromatic N) is 4. The maximum Gasteiger partial charge on any atom is 0.263 e. The predicted molar refractivity (Wildman–Crippen MR) is 127 cm³/mol. The molecule has 0 fully saturated rings. The van der Waals surface area contributed by atoms with Crippen LogP contribution >= 0.6 is 0 Å². The van der Waals surface area contributed by atoms with Crippen molar-refractivity contribution in [2.75, 3.05) is 41.8 Å². The Kier molecular flexibility index (Phi) is 6.54. The van der Waals surface area contributed by atoms with E-state index in [9.17, 15) is 4.79 Å². The average Bonchev–Trinajstić information content (AvgIpc) is 2.95. The van der Waals surface area contributed by atoms with Crippen LogP contribution in [0.2, 0.25) is 0 Å². The summed E-state index contributed by atoms with van der Waals surface area (Å²) in [6.07, 6.45) is 2.04. The van der Waals surface area contributed by atoms with Crippen LogP contribution in [0.4, 0.5) is 17.5 Å². The van der Waals surface area contributed by atoms with E-state index >= 15 is 0 Å². The Bertz CT molecular complexity index is 1070. The van der Waals surface area contributed by atoms with Gasteiger partial charge in [0.1, 0.15) is 23.2 Å². The number of rotatable bonds is 7. The molecule has 7 heteroatoms. The Hall–Kier alpha value is -3.61. The summed E-state index contributed by atoms with van der Waals surface area (Å²) in [5.74, 6) is 1.73. The maximum atomic E-state index is 13.4. The van der Waals surface area contributed by atoms with Crippen LogP contribution in [0.5, 0.6) is 5.75 Å². The van der Waals surface area contributed by atoms with Gasteiger partial charge in [0.05, 0.1) is 0 Å². The van der Waals surface area contributed by atoms with Crippen molar-refractivity contribution in [1.29, 1.82) is 0 Å². The number of fused-ring (bicyclic) bond motifs is 1. The molecule has 0 saturated carbocycles. The van der Waals surface area contributed by atoms with Crippen molar-refractivity contribution in [2.24, 2.45) is 0 Å². The van der Waals surface area contributed by atoms with Crippen LogP contribution < -0.4 is 19.9 Å². The summed E-state index contributed by atoms with van der Waals surface area (Å²) in [5.41, 5.74) is 2.33. The molecule has 4 rings (SSSR count). The lowest BCUT2D eigenvalue weighted by Crippen LogP contribution is -2.33. The Labute approximate surface area is 189 Å². The fourth-order valence-corrected chi connectivity index (χ4v) is 3.76. The van der Waals surface area contributed by atoms with Gasteiger partial charge in [-0.2, -0.15) is 4.98 Å². The molecule has 32 heavy (non-hydrogen) atoms. The monoisotopic (exact) mass is 430 g/mol. The third-order valence-electron chi connectivity index (χ3n) is 5.44. The van der Waals surface area contributed by atoms with Crippen LogP contribution in [0.3, 0.4) is 0 Å². The third kappa shape index (κ3) is 4.51. The van der Waals surface area contributed by atoms with Gasteiger partial charge in [0, 0.05) is 44.6 Å². The summed E-state index contributed by atoms with van der Waals surface area (Å²) in [7, 11) is 1.94. The van der Waals surface area contributed by atoms with E-state index in [2.05, 4.69) is 22.2 Å². The smallest absolute Gasteiger partial charge is 0.263 e. The van der Waals surface area contributed by atoms with Gasteiger partial charge in [-0.25, -0.2) is 4.98 Å². The molecule has 1 aliphatic heterocycles. The number of hydrogen-bond acceptors (Lipinski definition) is 6. The Morgan fingerprint density at radius 2 is 1.97 bits per heavy atom. The van der Waals surface area contributed by atoms with Gasteiger partial charge in [0.15, 0.2) is 0 Å². The molecule has 0 aliphatic carbocycles. The second-order valence-electron chi connectivity index (χ2n) is 7.64. The van der Waals surface area contributed by atoms with E-state index in [1.54, 1.807) is 11.1 Å². The van der Waals surface area contributed by atoms with Crippen molar-refractivity contribution in [3.05, 3.63) is 78.8 Å². The molecule has 3 aromatic rings. The number of carbonyl (C=O) groups is 1. The van der Waals surface area contributed by atoms with E-state index in [0.717, 1.165) is 11.3 Å². The lowest BCUT2D eigenvalue weighted by molar-refractivity contribution is 0.0989. The van der Waals surface area contributed by atoms with Crippen LogP contribution in [0.25, 0.3) is 0 Å². The molecule has 2 heterocycles. The predicted octanol–water partition coefficient (Wildman–Crippen LogP) is 4.35. The first-order chi connectivity index (χ1) is 15.6. The zero-order valence-corrected chi connectivity index (χ0v) is 18.5.